The van der Waals surface area contributed by atoms with E-state index in [4.69, 9.17) is 11.5 Å². The molecular formula is C13H17N3O2. The van der Waals surface area contributed by atoms with Crippen LogP contribution in [0, 0.1) is 0 Å². The van der Waals surface area contributed by atoms with Crippen molar-refractivity contribution in [2.24, 2.45) is 11.5 Å². The topological polar surface area (TPSA) is 89.4 Å². The molecule has 2 rings (SSSR count). The van der Waals surface area contributed by atoms with Gasteiger partial charge in [0.15, 0.2) is 0 Å². The Bertz CT molecular complexity index is 473. The second-order valence-corrected chi connectivity index (χ2v) is 4.60. The first-order chi connectivity index (χ1) is 8.58. The van der Waals surface area contributed by atoms with Gasteiger partial charge in [-0.3, -0.25) is 9.59 Å². The number of amides is 2. The molecule has 1 heterocycles. The minimum Gasteiger partial charge on any atom is -0.366 e. The van der Waals surface area contributed by atoms with E-state index in [1.165, 1.54) is 6.07 Å². The Hall–Kier alpha value is -1.88. The van der Waals surface area contributed by atoms with E-state index < -0.39 is 5.91 Å². The van der Waals surface area contributed by atoms with Gasteiger partial charge < -0.3 is 16.4 Å². The summed E-state index contributed by atoms with van der Waals surface area (Å²) in [5.74, 6) is -0.617. The van der Waals surface area contributed by atoms with Crippen LogP contribution in [0.4, 0.5) is 0 Å². The first kappa shape index (κ1) is 12.6. The van der Waals surface area contributed by atoms with Crippen molar-refractivity contribution in [3.63, 3.8) is 0 Å². The van der Waals surface area contributed by atoms with Gasteiger partial charge >= 0.3 is 0 Å². The number of rotatable bonds is 2. The monoisotopic (exact) mass is 247 g/mol. The van der Waals surface area contributed by atoms with Crippen LogP contribution in [0.25, 0.3) is 0 Å². The molecule has 1 aliphatic heterocycles. The van der Waals surface area contributed by atoms with Gasteiger partial charge in [0, 0.05) is 30.3 Å². The lowest BCUT2D eigenvalue weighted by atomic mass is 10.0. The van der Waals surface area contributed by atoms with E-state index >= 15 is 0 Å². The maximum Gasteiger partial charge on any atom is 0.253 e. The van der Waals surface area contributed by atoms with Crippen LogP contribution in [0.15, 0.2) is 24.3 Å². The first-order valence-corrected chi connectivity index (χ1v) is 6.02. The zero-order valence-electron chi connectivity index (χ0n) is 10.1. The fourth-order valence-corrected chi connectivity index (χ4v) is 2.18. The Balaban J connectivity index is 2.17. The first-order valence-electron chi connectivity index (χ1n) is 6.02. The zero-order chi connectivity index (χ0) is 13.1. The minimum absolute atomic E-state index is 0.0435. The lowest BCUT2D eigenvalue weighted by Crippen LogP contribution is -2.45. The summed E-state index contributed by atoms with van der Waals surface area (Å²) in [5.41, 5.74) is 11.9. The predicted octanol–water partition coefficient (Wildman–Crippen LogP) is 0.349. The summed E-state index contributed by atoms with van der Waals surface area (Å²) in [6.45, 7) is 1.28. The molecule has 2 amide bonds. The fraction of sp³-hybridized carbons (Fsp3) is 0.385. The summed E-state index contributed by atoms with van der Waals surface area (Å²) >= 11 is 0. The maximum absolute atomic E-state index is 12.2. The number of primary amides is 1. The van der Waals surface area contributed by atoms with Crippen LogP contribution in [-0.2, 0) is 0 Å². The minimum atomic E-state index is -0.528. The molecule has 1 aliphatic rings. The van der Waals surface area contributed by atoms with Crippen molar-refractivity contribution in [1.29, 1.82) is 0 Å². The second kappa shape index (κ2) is 5.18. The van der Waals surface area contributed by atoms with E-state index in [1.807, 2.05) is 0 Å². The lowest BCUT2D eigenvalue weighted by Gasteiger charge is -2.30. The molecule has 0 unspecified atom stereocenters. The normalized spacial score (nSPS) is 19.6. The van der Waals surface area contributed by atoms with Crippen LogP contribution in [0.2, 0.25) is 0 Å². The Morgan fingerprint density at radius 3 is 2.67 bits per heavy atom. The summed E-state index contributed by atoms with van der Waals surface area (Å²) in [6, 6.07) is 6.53. The molecule has 0 radical (unpaired) electrons. The van der Waals surface area contributed by atoms with Crippen molar-refractivity contribution in [3.8, 4) is 0 Å². The third kappa shape index (κ3) is 2.68. The van der Waals surface area contributed by atoms with E-state index in [2.05, 4.69) is 0 Å². The fourth-order valence-electron chi connectivity index (χ4n) is 2.18. The van der Waals surface area contributed by atoms with Crippen LogP contribution in [0.5, 0.6) is 0 Å². The molecule has 96 valence electrons. The van der Waals surface area contributed by atoms with Crippen molar-refractivity contribution in [2.75, 3.05) is 13.1 Å². The lowest BCUT2D eigenvalue weighted by molar-refractivity contribution is 0.0709. The summed E-state index contributed by atoms with van der Waals surface area (Å²) in [4.78, 5) is 25.1. The number of nitrogens with zero attached hydrogens (tertiary/aromatic N) is 1. The van der Waals surface area contributed by atoms with Gasteiger partial charge in [0.1, 0.15) is 0 Å². The average Bonchev–Trinajstić information content (AvgIpc) is 2.38. The highest BCUT2D eigenvalue weighted by atomic mass is 16.2. The van der Waals surface area contributed by atoms with Crippen molar-refractivity contribution >= 4 is 11.8 Å². The molecule has 0 spiro atoms. The summed E-state index contributed by atoms with van der Waals surface area (Å²) in [5, 5.41) is 0. The van der Waals surface area contributed by atoms with E-state index in [9.17, 15) is 9.59 Å². The van der Waals surface area contributed by atoms with E-state index in [0.717, 1.165) is 12.8 Å². The van der Waals surface area contributed by atoms with Crippen LogP contribution in [-0.4, -0.2) is 35.8 Å². The van der Waals surface area contributed by atoms with Gasteiger partial charge in [0.25, 0.3) is 5.91 Å². The number of hydrogen-bond donors (Lipinski definition) is 2. The van der Waals surface area contributed by atoms with Crippen molar-refractivity contribution in [3.05, 3.63) is 35.4 Å². The van der Waals surface area contributed by atoms with Gasteiger partial charge in [0.2, 0.25) is 5.91 Å². The second-order valence-electron chi connectivity index (χ2n) is 4.60. The Labute approximate surface area is 106 Å². The zero-order valence-corrected chi connectivity index (χ0v) is 10.1. The third-order valence-electron chi connectivity index (χ3n) is 3.14. The molecule has 18 heavy (non-hydrogen) atoms. The van der Waals surface area contributed by atoms with E-state index in [-0.39, 0.29) is 11.9 Å². The molecule has 1 atom stereocenters. The highest BCUT2D eigenvalue weighted by Gasteiger charge is 2.22. The Morgan fingerprint density at radius 2 is 2.00 bits per heavy atom. The van der Waals surface area contributed by atoms with Crippen LogP contribution in [0.3, 0.4) is 0 Å². The van der Waals surface area contributed by atoms with Gasteiger partial charge in [-0.2, -0.15) is 0 Å². The molecule has 0 saturated carbocycles. The number of likely N-dealkylation sites (tertiary alicyclic amines) is 1. The van der Waals surface area contributed by atoms with Gasteiger partial charge in [-0.05, 0) is 31.0 Å². The molecule has 5 nitrogen and oxygen atoms in total. The summed E-state index contributed by atoms with van der Waals surface area (Å²) < 4.78 is 0. The molecule has 1 fully saturated rings. The average molecular weight is 247 g/mol. The Morgan fingerprint density at radius 1 is 1.28 bits per heavy atom. The van der Waals surface area contributed by atoms with Gasteiger partial charge in [0.05, 0.1) is 0 Å². The van der Waals surface area contributed by atoms with Crippen LogP contribution >= 0.6 is 0 Å². The molecule has 1 aromatic rings. The number of piperidine rings is 1. The molecule has 1 aromatic carbocycles. The number of nitrogens with two attached hydrogens (primary N) is 2. The van der Waals surface area contributed by atoms with Crippen molar-refractivity contribution in [1.82, 2.24) is 4.90 Å². The smallest absolute Gasteiger partial charge is 0.253 e. The SMILES string of the molecule is NC(=O)c1cccc(C(=O)N2CCC[C@@H](N)C2)c1. The molecular weight excluding hydrogens is 230 g/mol. The third-order valence-corrected chi connectivity index (χ3v) is 3.14. The van der Waals surface area contributed by atoms with Crippen molar-refractivity contribution < 1.29 is 9.59 Å². The number of carbonyl (C=O) groups is 2. The molecule has 0 aromatic heterocycles. The van der Waals surface area contributed by atoms with Gasteiger partial charge in [-0.25, -0.2) is 0 Å². The number of hydrogen-bond acceptors (Lipinski definition) is 3. The molecule has 0 aliphatic carbocycles. The van der Waals surface area contributed by atoms with Gasteiger partial charge in [-0.1, -0.05) is 6.07 Å². The number of benzene rings is 1. The van der Waals surface area contributed by atoms with Crippen molar-refractivity contribution in [2.45, 2.75) is 18.9 Å². The number of carbonyl (C=O) groups excluding carboxylic acids is 2. The maximum atomic E-state index is 12.2. The molecule has 4 N–H and O–H groups in total. The quantitative estimate of drug-likeness (QED) is 0.790. The molecule has 1 saturated heterocycles. The van der Waals surface area contributed by atoms with E-state index in [0.29, 0.717) is 24.2 Å². The highest BCUT2D eigenvalue weighted by Crippen LogP contribution is 2.13. The standard InChI is InChI=1S/C13H17N3O2/c14-11-5-2-6-16(8-11)13(18)10-4-1-3-9(7-10)12(15)17/h1,3-4,7,11H,2,5-6,8,14H2,(H2,15,17)/t11-/m1/s1. The van der Waals surface area contributed by atoms with Crippen LogP contribution < -0.4 is 11.5 Å². The molecule has 0 bridgehead atoms. The Kier molecular flexibility index (Phi) is 3.62. The summed E-state index contributed by atoms with van der Waals surface area (Å²) in [7, 11) is 0. The van der Waals surface area contributed by atoms with E-state index in [1.54, 1.807) is 23.1 Å². The van der Waals surface area contributed by atoms with Gasteiger partial charge in [-0.15, -0.1) is 0 Å². The van der Waals surface area contributed by atoms with Crippen LogP contribution in [0.1, 0.15) is 33.6 Å². The highest BCUT2D eigenvalue weighted by molar-refractivity contribution is 5.99. The predicted molar refractivity (Wildman–Crippen MR) is 68.1 cm³/mol. The molecule has 5 heteroatoms. The summed E-state index contributed by atoms with van der Waals surface area (Å²) in [6.07, 6.45) is 1.87. The largest absolute Gasteiger partial charge is 0.366 e.